The molecule has 1 aromatic carbocycles. The van der Waals surface area contributed by atoms with E-state index in [9.17, 15) is 8.42 Å². The minimum absolute atomic E-state index is 0.00878. The van der Waals surface area contributed by atoms with Crippen LogP contribution in [0, 0.1) is 5.41 Å². The number of hydrogen-bond donors (Lipinski definition) is 1. The summed E-state index contributed by atoms with van der Waals surface area (Å²) in [6.45, 7) is 2.89. The van der Waals surface area contributed by atoms with Gasteiger partial charge in [0.05, 0.1) is 19.0 Å². The Hall–Kier alpha value is -1.27. The molecule has 0 aromatic heterocycles. The second-order valence-corrected chi connectivity index (χ2v) is 7.33. The van der Waals surface area contributed by atoms with Crippen LogP contribution in [0.2, 0.25) is 0 Å². The van der Waals surface area contributed by atoms with Crippen molar-refractivity contribution in [3.63, 3.8) is 0 Å². The number of sulfonamides is 1. The Balaban J connectivity index is 2.03. The molecule has 0 atom stereocenters. The standard InChI is InChI=1S/C15H23NO4S/c1-2-19-13-6-5-7-14(10-13)20-11-15(8-3-4-9-15)12-21(16,17)18/h5-7,10H,2-4,8-9,11-12H2,1H3,(H2,16,17,18). The van der Waals surface area contributed by atoms with Gasteiger partial charge in [-0.3, -0.25) is 0 Å². The summed E-state index contributed by atoms with van der Waals surface area (Å²) < 4.78 is 34.1. The molecular weight excluding hydrogens is 290 g/mol. The van der Waals surface area contributed by atoms with Crippen molar-refractivity contribution in [2.75, 3.05) is 19.0 Å². The third-order valence-corrected chi connectivity index (χ3v) is 4.85. The molecule has 1 saturated carbocycles. The van der Waals surface area contributed by atoms with Crippen molar-refractivity contribution in [3.05, 3.63) is 24.3 Å². The first-order valence-corrected chi connectivity index (χ1v) is 9.00. The fraction of sp³-hybridized carbons (Fsp3) is 0.600. The Morgan fingerprint density at radius 3 is 2.38 bits per heavy atom. The van der Waals surface area contributed by atoms with Crippen LogP contribution in [-0.2, 0) is 10.0 Å². The molecule has 0 spiro atoms. The van der Waals surface area contributed by atoms with Crippen molar-refractivity contribution < 1.29 is 17.9 Å². The number of benzene rings is 1. The molecule has 0 unspecified atom stereocenters. The van der Waals surface area contributed by atoms with Crippen LogP contribution in [0.3, 0.4) is 0 Å². The summed E-state index contributed by atoms with van der Waals surface area (Å²) in [4.78, 5) is 0. The summed E-state index contributed by atoms with van der Waals surface area (Å²) in [6.07, 6.45) is 3.74. The highest BCUT2D eigenvalue weighted by Crippen LogP contribution is 2.39. The quantitative estimate of drug-likeness (QED) is 0.838. The fourth-order valence-corrected chi connectivity index (χ4v) is 4.16. The molecule has 0 bridgehead atoms. The van der Waals surface area contributed by atoms with Gasteiger partial charge in [0.15, 0.2) is 0 Å². The lowest BCUT2D eigenvalue weighted by Gasteiger charge is -2.27. The largest absolute Gasteiger partial charge is 0.494 e. The molecule has 6 heteroatoms. The molecule has 2 N–H and O–H groups in total. The molecule has 5 nitrogen and oxygen atoms in total. The molecule has 21 heavy (non-hydrogen) atoms. The van der Waals surface area contributed by atoms with Crippen LogP contribution < -0.4 is 14.6 Å². The average Bonchev–Trinajstić information content (AvgIpc) is 2.84. The van der Waals surface area contributed by atoms with Crippen LogP contribution in [0.15, 0.2) is 24.3 Å². The topological polar surface area (TPSA) is 78.6 Å². The van der Waals surface area contributed by atoms with E-state index in [1.54, 1.807) is 0 Å². The SMILES string of the molecule is CCOc1cccc(OCC2(CS(N)(=O)=O)CCCC2)c1. The minimum atomic E-state index is -3.49. The molecule has 1 fully saturated rings. The number of rotatable bonds is 7. The third-order valence-electron chi connectivity index (χ3n) is 3.83. The van der Waals surface area contributed by atoms with E-state index >= 15 is 0 Å². The summed E-state index contributed by atoms with van der Waals surface area (Å²) in [6, 6.07) is 7.40. The first-order chi connectivity index (χ1) is 9.92. The second-order valence-electron chi connectivity index (χ2n) is 5.71. The Bertz CT molecular complexity index is 565. The average molecular weight is 313 g/mol. The van der Waals surface area contributed by atoms with Crippen LogP contribution in [0.1, 0.15) is 32.6 Å². The number of primary sulfonamides is 1. The van der Waals surface area contributed by atoms with E-state index in [1.807, 2.05) is 31.2 Å². The molecule has 0 aliphatic heterocycles. The first-order valence-electron chi connectivity index (χ1n) is 7.29. The lowest BCUT2D eigenvalue weighted by atomic mass is 9.90. The molecule has 1 aliphatic carbocycles. The third kappa shape index (κ3) is 4.89. The Morgan fingerprint density at radius 1 is 1.19 bits per heavy atom. The molecule has 0 heterocycles. The van der Waals surface area contributed by atoms with Gasteiger partial charge in [0, 0.05) is 11.5 Å². The van der Waals surface area contributed by atoms with E-state index < -0.39 is 10.0 Å². The molecule has 0 radical (unpaired) electrons. The Kier molecular flexibility index (Phi) is 5.11. The van der Waals surface area contributed by atoms with E-state index in [0.717, 1.165) is 31.4 Å². The lowest BCUT2D eigenvalue weighted by Crippen LogP contribution is -2.36. The highest BCUT2D eigenvalue weighted by molar-refractivity contribution is 7.89. The second kappa shape index (κ2) is 6.66. The maximum absolute atomic E-state index is 11.4. The van der Waals surface area contributed by atoms with Gasteiger partial charge in [0.1, 0.15) is 11.5 Å². The van der Waals surface area contributed by atoms with Gasteiger partial charge >= 0.3 is 0 Å². The molecule has 1 aromatic rings. The van der Waals surface area contributed by atoms with Crippen molar-refractivity contribution in [2.45, 2.75) is 32.6 Å². The number of ether oxygens (including phenoxy) is 2. The molecule has 118 valence electrons. The van der Waals surface area contributed by atoms with E-state index in [0.29, 0.717) is 19.0 Å². The molecule has 0 saturated heterocycles. The van der Waals surface area contributed by atoms with Crippen LogP contribution in [0.5, 0.6) is 11.5 Å². The summed E-state index contributed by atoms with van der Waals surface area (Å²) >= 11 is 0. The number of hydrogen-bond acceptors (Lipinski definition) is 4. The summed E-state index contributed by atoms with van der Waals surface area (Å²) in [5.41, 5.74) is -0.352. The van der Waals surface area contributed by atoms with Crippen molar-refractivity contribution in [1.82, 2.24) is 0 Å². The highest BCUT2D eigenvalue weighted by Gasteiger charge is 2.38. The predicted octanol–water partition coefficient (Wildman–Crippen LogP) is 2.31. The van der Waals surface area contributed by atoms with Gasteiger partial charge in [0.2, 0.25) is 10.0 Å². The predicted molar refractivity (Wildman–Crippen MR) is 82.0 cm³/mol. The molecule has 1 aliphatic rings. The van der Waals surface area contributed by atoms with Gasteiger partial charge in [0.25, 0.3) is 0 Å². The van der Waals surface area contributed by atoms with Gasteiger partial charge < -0.3 is 9.47 Å². The maximum atomic E-state index is 11.4. The van der Waals surface area contributed by atoms with Gasteiger partial charge in [-0.15, -0.1) is 0 Å². The number of nitrogens with two attached hydrogens (primary N) is 1. The van der Waals surface area contributed by atoms with Crippen molar-refractivity contribution in [2.24, 2.45) is 10.6 Å². The van der Waals surface area contributed by atoms with Crippen LogP contribution in [0.4, 0.5) is 0 Å². The lowest BCUT2D eigenvalue weighted by molar-refractivity contribution is 0.170. The molecule has 0 amide bonds. The van der Waals surface area contributed by atoms with Gasteiger partial charge in [-0.05, 0) is 31.9 Å². The summed E-state index contributed by atoms with van der Waals surface area (Å²) in [5.74, 6) is 1.44. The Labute approximate surface area is 126 Å². The van der Waals surface area contributed by atoms with E-state index in [1.165, 1.54) is 0 Å². The smallest absolute Gasteiger partial charge is 0.209 e. The zero-order valence-corrected chi connectivity index (χ0v) is 13.2. The molecule has 2 rings (SSSR count). The van der Waals surface area contributed by atoms with Crippen molar-refractivity contribution >= 4 is 10.0 Å². The van der Waals surface area contributed by atoms with Crippen LogP contribution >= 0.6 is 0 Å². The van der Waals surface area contributed by atoms with E-state index in [4.69, 9.17) is 14.6 Å². The monoisotopic (exact) mass is 313 g/mol. The summed E-state index contributed by atoms with van der Waals surface area (Å²) in [7, 11) is -3.49. The maximum Gasteiger partial charge on any atom is 0.209 e. The highest BCUT2D eigenvalue weighted by atomic mass is 32.2. The first kappa shape index (κ1) is 16.1. The normalized spacial score (nSPS) is 17.6. The van der Waals surface area contributed by atoms with Gasteiger partial charge in [-0.25, -0.2) is 13.6 Å². The van der Waals surface area contributed by atoms with Crippen LogP contribution in [-0.4, -0.2) is 27.4 Å². The van der Waals surface area contributed by atoms with E-state index in [-0.39, 0.29) is 11.2 Å². The minimum Gasteiger partial charge on any atom is -0.494 e. The summed E-state index contributed by atoms with van der Waals surface area (Å²) in [5, 5.41) is 5.23. The van der Waals surface area contributed by atoms with Crippen molar-refractivity contribution in [3.8, 4) is 11.5 Å². The molecular formula is C15H23NO4S. The zero-order chi connectivity index (χ0) is 15.3. The zero-order valence-electron chi connectivity index (χ0n) is 12.4. The fourth-order valence-electron chi connectivity index (χ4n) is 2.94. The van der Waals surface area contributed by atoms with E-state index in [2.05, 4.69) is 0 Å². The van der Waals surface area contributed by atoms with Gasteiger partial charge in [-0.1, -0.05) is 18.9 Å². The van der Waals surface area contributed by atoms with Crippen LogP contribution in [0.25, 0.3) is 0 Å². The van der Waals surface area contributed by atoms with Crippen molar-refractivity contribution in [1.29, 1.82) is 0 Å². The Morgan fingerprint density at radius 2 is 1.81 bits per heavy atom. The van der Waals surface area contributed by atoms with Gasteiger partial charge in [-0.2, -0.15) is 0 Å².